The number of hydrogen-bond donors (Lipinski definition) is 0. The Kier molecular flexibility index (Phi) is 2.99. The molecule has 17 heavy (non-hydrogen) atoms. The minimum Gasteiger partial charge on any atom is -0.235 e. The van der Waals surface area contributed by atoms with Crippen LogP contribution in [-0.4, -0.2) is 9.78 Å². The molecule has 0 fully saturated rings. The van der Waals surface area contributed by atoms with Crippen molar-refractivity contribution in [3.63, 3.8) is 0 Å². The highest BCUT2D eigenvalue weighted by molar-refractivity contribution is 9.10. The molecule has 1 heterocycles. The lowest BCUT2D eigenvalue weighted by Crippen LogP contribution is -2.03. The van der Waals surface area contributed by atoms with Crippen molar-refractivity contribution in [2.45, 2.75) is 13.8 Å². The number of aryl methyl sites for hydroxylation is 2. The van der Waals surface area contributed by atoms with Crippen LogP contribution in [0, 0.1) is 31.0 Å². The average molecular weight is 294 g/mol. The van der Waals surface area contributed by atoms with E-state index in [0.29, 0.717) is 5.69 Å². The van der Waals surface area contributed by atoms with Gasteiger partial charge < -0.3 is 0 Å². The molecule has 0 N–H and O–H groups in total. The van der Waals surface area contributed by atoms with Crippen LogP contribution in [0.15, 0.2) is 22.7 Å². The van der Waals surface area contributed by atoms with Gasteiger partial charge in [-0.25, -0.2) is 9.07 Å². The fourth-order valence-corrected chi connectivity index (χ4v) is 2.09. The maximum absolute atomic E-state index is 14.1. The molecule has 0 amide bonds. The van der Waals surface area contributed by atoms with E-state index < -0.39 is 5.82 Å². The molecule has 2 rings (SSSR count). The molecule has 0 radical (unpaired) electrons. The second-order valence-electron chi connectivity index (χ2n) is 3.71. The van der Waals surface area contributed by atoms with E-state index >= 15 is 0 Å². The van der Waals surface area contributed by atoms with Crippen molar-refractivity contribution in [2.75, 3.05) is 0 Å². The molecule has 2 aromatic rings. The number of nitrogens with zero attached hydrogens (tertiary/aromatic N) is 3. The van der Waals surface area contributed by atoms with Crippen LogP contribution in [-0.2, 0) is 0 Å². The number of benzene rings is 1. The Morgan fingerprint density at radius 2 is 2.12 bits per heavy atom. The van der Waals surface area contributed by atoms with Gasteiger partial charge in [0.15, 0.2) is 5.82 Å². The average Bonchev–Trinajstić information content (AvgIpc) is 2.62. The number of hydrogen-bond acceptors (Lipinski definition) is 2. The Labute approximate surface area is 107 Å². The first-order chi connectivity index (χ1) is 8.04. The maximum atomic E-state index is 14.1. The van der Waals surface area contributed by atoms with Crippen molar-refractivity contribution in [3.05, 3.63) is 45.4 Å². The summed E-state index contributed by atoms with van der Waals surface area (Å²) in [5.74, 6) is -0.477. The van der Waals surface area contributed by atoms with Crippen molar-refractivity contribution >= 4 is 15.9 Å². The molecule has 1 aromatic heterocycles. The lowest BCUT2D eigenvalue weighted by molar-refractivity contribution is 0.601. The van der Waals surface area contributed by atoms with Gasteiger partial charge in [-0.05, 0) is 48.0 Å². The van der Waals surface area contributed by atoms with Gasteiger partial charge >= 0.3 is 0 Å². The molecule has 0 aliphatic heterocycles. The van der Waals surface area contributed by atoms with Crippen LogP contribution in [0.4, 0.5) is 4.39 Å². The topological polar surface area (TPSA) is 41.6 Å². The molecule has 0 aliphatic carbocycles. The summed E-state index contributed by atoms with van der Waals surface area (Å²) in [5, 5.41) is 13.0. The normalized spacial score (nSPS) is 10.3. The van der Waals surface area contributed by atoms with Crippen LogP contribution in [0.1, 0.15) is 17.0 Å². The van der Waals surface area contributed by atoms with Gasteiger partial charge in [0.1, 0.15) is 11.8 Å². The number of nitriles is 1. The summed E-state index contributed by atoms with van der Waals surface area (Å²) in [6.45, 7) is 3.70. The number of halogens is 2. The zero-order chi connectivity index (χ0) is 12.6. The zero-order valence-corrected chi connectivity index (χ0v) is 10.9. The van der Waals surface area contributed by atoms with Gasteiger partial charge in [-0.3, -0.25) is 0 Å². The second-order valence-corrected chi connectivity index (χ2v) is 4.50. The summed E-state index contributed by atoms with van der Waals surface area (Å²) in [4.78, 5) is 0. The lowest BCUT2D eigenvalue weighted by Gasteiger charge is -2.07. The Morgan fingerprint density at radius 3 is 2.65 bits per heavy atom. The molecule has 0 unspecified atom stereocenters. The Bertz CT molecular complexity index is 625. The van der Waals surface area contributed by atoms with Crippen LogP contribution in [0.3, 0.4) is 0 Å². The van der Waals surface area contributed by atoms with Crippen LogP contribution in [0.2, 0.25) is 0 Å². The van der Waals surface area contributed by atoms with E-state index in [9.17, 15) is 4.39 Å². The first-order valence-corrected chi connectivity index (χ1v) is 5.75. The molecule has 1 aromatic carbocycles. The first kappa shape index (κ1) is 11.8. The van der Waals surface area contributed by atoms with Crippen molar-refractivity contribution in [1.29, 1.82) is 5.26 Å². The summed E-state index contributed by atoms with van der Waals surface area (Å²) in [7, 11) is 0. The third kappa shape index (κ3) is 1.96. The van der Waals surface area contributed by atoms with Crippen LogP contribution in [0.25, 0.3) is 5.69 Å². The standard InChI is InChI=1S/C12H9BrFN3/c1-7-5-8(2)17(16-7)10-4-3-9(6-15)11(13)12(10)14/h3-5H,1-2H3. The van der Waals surface area contributed by atoms with Gasteiger partial charge in [-0.15, -0.1) is 0 Å². The largest absolute Gasteiger partial charge is 0.235 e. The van der Waals surface area contributed by atoms with Crippen molar-refractivity contribution in [3.8, 4) is 11.8 Å². The summed E-state index contributed by atoms with van der Waals surface area (Å²) in [6, 6.07) is 6.91. The van der Waals surface area contributed by atoms with Gasteiger partial charge in [-0.2, -0.15) is 10.4 Å². The Balaban J connectivity index is 2.66. The highest BCUT2D eigenvalue weighted by Gasteiger charge is 2.14. The molecule has 0 aliphatic rings. The van der Waals surface area contributed by atoms with Crippen LogP contribution >= 0.6 is 15.9 Å². The molecule has 5 heteroatoms. The van der Waals surface area contributed by atoms with E-state index in [1.165, 1.54) is 4.68 Å². The van der Waals surface area contributed by atoms with Gasteiger partial charge in [-0.1, -0.05) is 0 Å². The smallest absolute Gasteiger partial charge is 0.164 e. The van der Waals surface area contributed by atoms with Crippen molar-refractivity contribution < 1.29 is 4.39 Å². The number of aromatic nitrogens is 2. The number of rotatable bonds is 1. The summed E-state index contributed by atoms with van der Waals surface area (Å²) in [6.07, 6.45) is 0. The molecule has 0 saturated carbocycles. The van der Waals surface area contributed by atoms with Crippen molar-refractivity contribution in [2.24, 2.45) is 0 Å². The van der Waals surface area contributed by atoms with E-state index in [0.717, 1.165) is 11.4 Å². The first-order valence-electron chi connectivity index (χ1n) is 4.96. The maximum Gasteiger partial charge on any atom is 0.164 e. The molecule has 0 atom stereocenters. The second kappa shape index (κ2) is 4.30. The zero-order valence-electron chi connectivity index (χ0n) is 9.33. The third-order valence-electron chi connectivity index (χ3n) is 2.42. The van der Waals surface area contributed by atoms with Crippen LogP contribution < -0.4 is 0 Å². The monoisotopic (exact) mass is 293 g/mol. The highest BCUT2D eigenvalue weighted by Crippen LogP contribution is 2.26. The van der Waals surface area contributed by atoms with Gasteiger partial charge in [0, 0.05) is 5.69 Å². The minimum atomic E-state index is -0.477. The molecule has 0 spiro atoms. The highest BCUT2D eigenvalue weighted by atomic mass is 79.9. The molecule has 0 saturated heterocycles. The quantitative estimate of drug-likeness (QED) is 0.810. The fraction of sp³-hybridized carbons (Fsp3) is 0.167. The summed E-state index contributed by atoms with van der Waals surface area (Å²) >= 11 is 3.08. The Hall–Kier alpha value is -1.67. The minimum absolute atomic E-state index is 0.171. The fourth-order valence-electron chi connectivity index (χ4n) is 1.66. The van der Waals surface area contributed by atoms with E-state index in [-0.39, 0.29) is 10.0 Å². The predicted molar refractivity (Wildman–Crippen MR) is 65.4 cm³/mol. The SMILES string of the molecule is Cc1cc(C)n(-c2ccc(C#N)c(Br)c2F)n1. The van der Waals surface area contributed by atoms with Crippen molar-refractivity contribution in [1.82, 2.24) is 9.78 Å². The molecular formula is C12H9BrFN3. The Morgan fingerprint density at radius 1 is 1.41 bits per heavy atom. The lowest BCUT2D eigenvalue weighted by atomic mass is 10.2. The molecular weight excluding hydrogens is 285 g/mol. The van der Waals surface area contributed by atoms with E-state index in [1.807, 2.05) is 26.0 Å². The van der Waals surface area contributed by atoms with E-state index in [2.05, 4.69) is 21.0 Å². The van der Waals surface area contributed by atoms with Gasteiger partial charge in [0.25, 0.3) is 0 Å². The molecule has 0 bridgehead atoms. The molecule has 3 nitrogen and oxygen atoms in total. The predicted octanol–water partition coefficient (Wildman–Crippen LogP) is 3.26. The van der Waals surface area contributed by atoms with E-state index in [4.69, 9.17) is 5.26 Å². The van der Waals surface area contributed by atoms with Gasteiger partial charge in [0.05, 0.1) is 15.7 Å². The van der Waals surface area contributed by atoms with Crippen LogP contribution in [0.5, 0.6) is 0 Å². The third-order valence-corrected chi connectivity index (χ3v) is 3.20. The molecule has 86 valence electrons. The summed E-state index contributed by atoms with van der Waals surface area (Å²) < 4.78 is 15.8. The van der Waals surface area contributed by atoms with Gasteiger partial charge in [0.2, 0.25) is 0 Å². The van der Waals surface area contributed by atoms with E-state index in [1.54, 1.807) is 12.1 Å². The summed E-state index contributed by atoms with van der Waals surface area (Å²) in [5.41, 5.74) is 2.27.